The number of hydrogen-bond donors (Lipinski definition) is 1. The van der Waals surface area contributed by atoms with E-state index in [0.717, 1.165) is 23.7 Å². The van der Waals surface area contributed by atoms with Gasteiger partial charge in [0.2, 0.25) is 5.91 Å². The van der Waals surface area contributed by atoms with Gasteiger partial charge in [0, 0.05) is 24.0 Å². The van der Waals surface area contributed by atoms with E-state index in [-0.39, 0.29) is 17.7 Å². The van der Waals surface area contributed by atoms with E-state index in [1.807, 2.05) is 24.3 Å². The minimum atomic E-state index is -0.313. The van der Waals surface area contributed by atoms with Gasteiger partial charge in [-0.2, -0.15) is 0 Å². The quantitative estimate of drug-likeness (QED) is 0.863. The molecule has 102 valence electrons. The molecule has 0 aliphatic carbocycles. The Balaban J connectivity index is 2.07. The molecule has 1 aliphatic heterocycles. The highest BCUT2D eigenvalue weighted by molar-refractivity contribution is 9.08. The van der Waals surface area contributed by atoms with Crippen LogP contribution in [-0.4, -0.2) is 29.8 Å². The number of amides is 2. The minimum Gasteiger partial charge on any atom is -0.369 e. The minimum absolute atomic E-state index is 0.0212. The summed E-state index contributed by atoms with van der Waals surface area (Å²) in [6, 6.07) is 7.51. The van der Waals surface area contributed by atoms with E-state index in [9.17, 15) is 9.59 Å². The van der Waals surface area contributed by atoms with Gasteiger partial charge in [0.1, 0.15) is 0 Å². The van der Waals surface area contributed by atoms with Crippen molar-refractivity contribution in [2.75, 3.05) is 13.1 Å². The van der Waals surface area contributed by atoms with Gasteiger partial charge in [-0.1, -0.05) is 28.1 Å². The van der Waals surface area contributed by atoms with Crippen molar-refractivity contribution in [1.82, 2.24) is 4.90 Å². The number of piperidine rings is 1. The second-order valence-electron chi connectivity index (χ2n) is 4.82. The second kappa shape index (κ2) is 6.19. The molecular formula is C14H17BrN2O2. The van der Waals surface area contributed by atoms with Gasteiger partial charge in [0.15, 0.2) is 0 Å². The molecule has 2 amide bonds. The molecule has 2 N–H and O–H groups in total. The van der Waals surface area contributed by atoms with Crippen molar-refractivity contribution in [1.29, 1.82) is 0 Å². The maximum atomic E-state index is 12.3. The van der Waals surface area contributed by atoms with E-state index in [1.165, 1.54) is 0 Å². The van der Waals surface area contributed by atoms with Crippen molar-refractivity contribution in [2.45, 2.75) is 18.2 Å². The molecular weight excluding hydrogens is 308 g/mol. The molecule has 1 aromatic carbocycles. The molecule has 0 aromatic heterocycles. The molecule has 19 heavy (non-hydrogen) atoms. The fraction of sp³-hybridized carbons (Fsp3) is 0.429. The number of primary amides is 1. The lowest BCUT2D eigenvalue weighted by Crippen LogP contribution is -2.44. The van der Waals surface area contributed by atoms with Crippen molar-refractivity contribution in [2.24, 2.45) is 11.7 Å². The standard InChI is InChI=1S/C14H17BrN2O2/c15-8-10-3-5-11(6-4-10)14(19)17-7-1-2-12(9-17)13(16)18/h3-6,12H,1-2,7-9H2,(H2,16,18). The Hall–Kier alpha value is -1.36. The summed E-state index contributed by atoms with van der Waals surface area (Å²) in [6.45, 7) is 1.14. The van der Waals surface area contributed by atoms with E-state index in [2.05, 4.69) is 15.9 Å². The van der Waals surface area contributed by atoms with Crippen LogP contribution < -0.4 is 5.73 Å². The van der Waals surface area contributed by atoms with Gasteiger partial charge in [0.25, 0.3) is 5.91 Å². The number of benzene rings is 1. The van der Waals surface area contributed by atoms with Crippen molar-refractivity contribution in [3.63, 3.8) is 0 Å². The Bertz CT molecular complexity index is 473. The zero-order chi connectivity index (χ0) is 13.8. The third-order valence-electron chi connectivity index (χ3n) is 3.47. The van der Waals surface area contributed by atoms with E-state index in [0.29, 0.717) is 18.7 Å². The first kappa shape index (κ1) is 14.1. The van der Waals surface area contributed by atoms with Crippen LogP contribution in [0.15, 0.2) is 24.3 Å². The molecule has 0 saturated carbocycles. The number of likely N-dealkylation sites (tertiary alicyclic amines) is 1. The van der Waals surface area contributed by atoms with Crippen LogP contribution in [0, 0.1) is 5.92 Å². The van der Waals surface area contributed by atoms with E-state index < -0.39 is 0 Å². The topological polar surface area (TPSA) is 63.4 Å². The summed E-state index contributed by atoms with van der Waals surface area (Å²) in [5.74, 6) is -0.543. The largest absolute Gasteiger partial charge is 0.369 e. The lowest BCUT2D eigenvalue weighted by atomic mass is 9.97. The predicted octanol–water partition coefficient (Wildman–Crippen LogP) is 1.92. The van der Waals surface area contributed by atoms with Gasteiger partial charge < -0.3 is 10.6 Å². The highest BCUT2D eigenvalue weighted by Gasteiger charge is 2.27. The van der Waals surface area contributed by atoms with Crippen molar-refractivity contribution >= 4 is 27.7 Å². The van der Waals surface area contributed by atoms with Crippen molar-refractivity contribution < 1.29 is 9.59 Å². The molecule has 0 radical (unpaired) electrons. The number of alkyl halides is 1. The molecule has 1 unspecified atom stereocenters. The summed E-state index contributed by atoms with van der Waals surface area (Å²) in [5.41, 5.74) is 7.12. The number of carbonyl (C=O) groups excluding carboxylic acids is 2. The number of rotatable bonds is 3. The molecule has 4 nitrogen and oxygen atoms in total. The number of halogens is 1. The fourth-order valence-electron chi connectivity index (χ4n) is 2.31. The van der Waals surface area contributed by atoms with Gasteiger partial charge in [0.05, 0.1) is 5.92 Å². The molecule has 1 saturated heterocycles. The van der Waals surface area contributed by atoms with Gasteiger partial charge in [-0.15, -0.1) is 0 Å². The van der Waals surface area contributed by atoms with E-state index in [1.54, 1.807) is 4.90 Å². The van der Waals surface area contributed by atoms with Crippen LogP contribution >= 0.6 is 15.9 Å². The summed E-state index contributed by atoms with van der Waals surface area (Å²) >= 11 is 3.37. The molecule has 1 heterocycles. The lowest BCUT2D eigenvalue weighted by Gasteiger charge is -2.31. The Labute approximate surface area is 121 Å². The average Bonchev–Trinajstić information content (AvgIpc) is 2.46. The Morgan fingerprint density at radius 3 is 2.58 bits per heavy atom. The van der Waals surface area contributed by atoms with Crippen molar-refractivity contribution in [3.8, 4) is 0 Å². The Morgan fingerprint density at radius 2 is 2.00 bits per heavy atom. The predicted molar refractivity (Wildman–Crippen MR) is 76.9 cm³/mol. The summed E-state index contributed by atoms with van der Waals surface area (Å²) in [7, 11) is 0. The molecule has 0 spiro atoms. The number of nitrogens with two attached hydrogens (primary N) is 1. The maximum absolute atomic E-state index is 12.3. The molecule has 0 bridgehead atoms. The normalized spacial score (nSPS) is 19.2. The Kier molecular flexibility index (Phi) is 4.58. The molecule has 1 aromatic rings. The van der Waals surface area contributed by atoms with Gasteiger partial charge in [-0.3, -0.25) is 9.59 Å². The Morgan fingerprint density at radius 1 is 1.32 bits per heavy atom. The van der Waals surface area contributed by atoms with Gasteiger partial charge >= 0.3 is 0 Å². The van der Waals surface area contributed by atoms with Crippen LogP contribution in [0.5, 0.6) is 0 Å². The monoisotopic (exact) mass is 324 g/mol. The van der Waals surface area contributed by atoms with E-state index >= 15 is 0 Å². The van der Waals surface area contributed by atoms with Crippen LogP contribution in [0.25, 0.3) is 0 Å². The molecule has 1 atom stereocenters. The average molecular weight is 325 g/mol. The van der Waals surface area contributed by atoms with Crippen LogP contribution in [0.4, 0.5) is 0 Å². The third kappa shape index (κ3) is 3.35. The smallest absolute Gasteiger partial charge is 0.253 e. The molecule has 2 rings (SSSR count). The summed E-state index contributed by atoms with van der Waals surface area (Å²) < 4.78 is 0. The second-order valence-corrected chi connectivity index (χ2v) is 5.38. The fourth-order valence-corrected chi connectivity index (χ4v) is 2.69. The lowest BCUT2D eigenvalue weighted by molar-refractivity contribution is -0.123. The molecule has 5 heteroatoms. The number of hydrogen-bond acceptors (Lipinski definition) is 2. The van der Waals surface area contributed by atoms with Crippen LogP contribution in [0.1, 0.15) is 28.8 Å². The highest BCUT2D eigenvalue weighted by atomic mass is 79.9. The molecule has 1 fully saturated rings. The van der Waals surface area contributed by atoms with Crippen LogP contribution in [0.2, 0.25) is 0 Å². The summed E-state index contributed by atoms with van der Waals surface area (Å²) in [6.07, 6.45) is 1.61. The van der Waals surface area contributed by atoms with Gasteiger partial charge in [-0.05, 0) is 30.5 Å². The number of carbonyl (C=O) groups is 2. The van der Waals surface area contributed by atoms with Crippen molar-refractivity contribution in [3.05, 3.63) is 35.4 Å². The first-order valence-electron chi connectivity index (χ1n) is 6.35. The highest BCUT2D eigenvalue weighted by Crippen LogP contribution is 2.19. The van der Waals surface area contributed by atoms with Crippen LogP contribution in [-0.2, 0) is 10.1 Å². The summed E-state index contributed by atoms with van der Waals surface area (Å²) in [4.78, 5) is 25.3. The summed E-state index contributed by atoms with van der Waals surface area (Å²) in [5, 5.41) is 0.773. The zero-order valence-electron chi connectivity index (χ0n) is 10.6. The first-order chi connectivity index (χ1) is 9.11. The van der Waals surface area contributed by atoms with E-state index in [4.69, 9.17) is 5.73 Å². The number of nitrogens with zero attached hydrogens (tertiary/aromatic N) is 1. The zero-order valence-corrected chi connectivity index (χ0v) is 12.2. The van der Waals surface area contributed by atoms with Crippen LogP contribution in [0.3, 0.4) is 0 Å². The maximum Gasteiger partial charge on any atom is 0.253 e. The molecule has 1 aliphatic rings. The van der Waals surface area contributed by atoms with Gasteiger partial charge in [-0.25, -0.2) is 0 Å². The first-order valence-corrected chi connectivity index (χ1v) is 7.47. The SMILES string of the molecule is NC(=O)C1CCCN(C(=O)c2ccc(CBr)cc2)C1. The third-order valence-corrected chi connectivity index (χ3v) is 4.11.